The number of nitrogens with one attached hydrogen (secondary N) is 1. The number of anilines is 1. The monoisotopic (exact) mass is 418 g/mol. The van der Waals surface area contributed by atoms with Gasteiger partial charge in [0.2, 0.25) is 0 Å². The number of carbonyl (C=O) groups is 1. The zero-order valence-corrected chi connectivity index (χ0v) is 15.8. The Morgan fingerprint density at radius 3 is 2.30 bits per heavy atom. The van der Waals surface area contributed by atoms with Gasteiger partial charge in [-0.1, -0.05) is 0 Å². The van der Waals surface area contributed by atoms with Crippen LogP contribution >= 0.6 is 11.3 Å². The molecule has 146 valence electrons. The third-order valence-electron chi connectivity index (χ3n) is 4.19. The molecule has 1 saturated heterocycles. The number of piperidine rings is 1. The van der Waals surface area contributed by atoms with Gasteiger partial charge in [-0.2, -0.15) is 13.2 Å². The van der Waals surface area contributed by atoms with Gasteiger partial charge in [-0.3, -0.25) is 9.52 Å². The van der Waals surface area contributed by atoms with Crippen molar-refractivity contribution in [3.63, 3.8) is 0 Å². The van der Waals surface area contributed by atoms with Crippen LogP contribution in [0.25, 0.3) is 0 Å². The fraction of sp³-hybridized carbons (Fsp3) is 0.353. The predicted molar refractivity (Wildman–Crippen MR) is 96.3 cm³/mol. The highest BCUT2D eigenvalue weighted by Crippen LogP contribution is 2.31. The second-order valence-electron chi connectivity index (χ2n) is 6.19. The van der Waals surface area contributed by atoms with Crippen LogP contribution < -0.4 is 4.72 Å². The van der Waals surface area contributed by atoms with E-state index in [0.29, 0.717) is 18.7 Å². The molecule has 0 radical (unpaired) electrons. The Hall–Kier alpha value is -2.07. The quantitative estimate of drug-likeness (QED) is 0.810. The molecule has 3 rings (SSSR count). The number of alkyl halides is 3. The number of carbonyl (C=O) groups excluding carboxylic acids is 1. The minimum absolute atomic E-state index is 0.0142. The number of rotatable bonds is 4. The van der Waals surface area contributed by atoms with E-state index in [9.17, 15) is 26.4 Å². The highest BCUT2D eigenvalue weighted by Gasteiger charge is 2.30. The topological polar surface area (TPSA) is 66.5 Å². The molecule has 1 aliphatic rings. The molecule has 1 aromatic heterocycles. The predicted octanol–water partition coefficient (Wildman–Crippen LogP) is 4.19. The lowest BCUT2D eigenvalue weighted by molar-refractivity contribution is -0.137. The van der Waals surface area contributed by atoms with Crippen LogP contribution in [0.5, 0.6) is 0 Å². The Morgan fingerprint density at radius 2 is 1.70 bits per heavy atom. The standard InChI is InChI=1S/C17H17F3N2O3S2/c18-17(19,20)13-4-6-14(7-5-13)21-27(24,25)15-10-12(11-26-15)16(23)22-8-2-1-3-9-22/h4-7,10-11,21H,1-3,8-9H2. The Bertz CT molecular complexity index is 916. The average molecular weight is 418 g/mol. The molecule has 0 saturated carbocycles. The van der Waals surface area contributed by atoms with E-state index in [1.165, 1.54) is 11.4 Å². The van der Waals surface area contributed by atoms with Crippen molar-refractivity contribution >= 4 is 33.0 Å². The summed E-state index contributed by atoms with van der Waals surface area (Å²) in [7, 11) is -3.99. The molecular formula is C17H17F3N2O3S2. The molecule has 0 aliphatic carbocycles. The summed E-state index contributed by atoms with van der Waals surface area (Å²) < 4.78 is 64.8. The lowest BCUT2D eigenvalue weighted by Gasteiger charge is -2.26. The van der Waals surface area contributed by atoms with E-state index < -0.39 is 21.8 Å². The number of nitrogens with zero attached hydrogens (tertiary/aromatic N) is 1. The molecule has 1 aromatic carbocycles. The van der Waals surface area contributed by atoms with E-state index in [4.69, 9.17) is 0 Å². The summed E-state index contributed by atoms with van der Waals surface area (Å²) in [4.78, 5) is 14.1. The zero-order chi connectivity index (χ0) is 19.7. The van der Waals surface area contributed by atoms with Gasteiger partial charge in [-0.25, -0.2) is 8.42 Å². The second kappa shape index (κ2) is 7.51. The number of halogens is 3. The Balaban J connectivity index is 1.74. The van der Waals surface area contributed by atoms with Crippen LogP contribution in [0.1, 0.15) is 35.2 Å². The van der Waals surface area contributed by atoms with Gasteiger partial charge in [0.05, 0.1) is 11.1 Å². The Kier molecular flexibility index (Phi) is 5.48. The first-order chi connectivity index (χ1) is 12.7. The summed E-state index contributed by atoms with van der Waals surface area (Å²) in [5.74, 6) is -0.207. The van der Waals surface area contributed by atoms with E-state index >= 15 is 0 Å². The molecule has 5 nitrogen and oxygen atoms in total. The maximum Gasteiger partial charge on any atom is 0.416 e. The summed E-state index contributed by atoms with van der Waals surface area (Å²) in [6.07, 6.45) is -1.56. The maximum atomic E-state index is 12.6. The van der Waals surface area contributed by atoms with Gasteiger partial charge in [-0.15, -0.1) is 11.3 Å². The van der Waals surface area contributed by atoms with Crippen molar-refractivity contribution in [1.82, 2.24) is 4.90 Å². The lowest BCUT2D eigenvalue weighted by Crippen LogP contribution is -2.35. The van der Waals surface area contributed by atoms with Gasteiger partial charge in [0.25, 0.3) is 15.9 Å². The molecule has 0 spiro atoms. The third-order valence-corrected chi connectivity index (χ3v) is 7.02. The van der Waals surface area contributed by atoms with Crippen LogP contribution in [0.2, 0.25) is 0 Å². The van der Waals surface area contributed by atoms with Gasteiger partial charge in [0.15, 0.2) is 0 Å². The van der Waals surface area contributed by atoms with E-state index in [-0.39, 0.29) is 15.8 Å². The number of hydrogen-bond donors (Lipinski definition) is 1. The minimum atomic E-state index is -4.49. The third kappa shape index (κ3) is 4.62. The fourth-order valence-electron chi connectivity index (χ4n) is 2.78. The number of likely N-dealkylation sites (tertiary alicyclic amines) is 1. The Labute approximate surface area is 158 Å². The van der Waals surface area contributed by atoms with Crippen LogP contribution in [0, 0.1) is 0 Å². The van der Waals surface area contributed by atoms with Crippen molar-refractivity contribution < 1.29 is 26.4 Å². The first-order valence-corrected chi connectivity index (χ1v) is 10.6. The molecule has 1 aliphatic heterocycles. The van der Waals surface area contributed by atoms with Crippen molar-refractivity contribution in [2.24, 2.45) is 0 Å². The highest BCUT2D eigenvalue weighted by molar-refractivity contribution is 7.94. The summed E-state index contributed by atoms with van der Waals surface area (Å²) in [5.41, 5.74) is -0.550. The van der Waals surface area contributed by atoms with Crippen molar-refractivity contribution in [2.45, 2.75) is 29.6 Å². The van der Waals surface area contributed by atoms with Crippen LogP contribution in [0.4, 0.5) is 18.9 Å². The van der Waals surface area contributed by atoms with E-state index in [1.807, 2.05) is 0 Å². The van der Waals surface area contributed by atoms with Gasteiger partial charge in [-0.05, 0) is 49.6 Å². The molecule has 1 N–H and O–H groups in total. The summed E-state index contributed by atoms with van der Waals surface area (Å²) in [5, 5.41) is 1.48. The smallest absolute Gasteiger partial charge is 0.339 e. The first-order valence-electron chi connectivity index (χ1n) is 8.25. The minimum Gasteiger partial charge on any atom is -0.339 e. The molecule has 0 unspecified atom stereocenters. The van der Waals surface area contributed by atoms with Crippen molar-refractivity contribution in [2.75, 3.05) is 17.8 Å². The normalized spacial score (nSPS) is 15.6. The summed E-state index contributed by atoms with van der Waals surface area (Å²) >= 11 is 0.898. The second-order valence-corrected chi connectivity index (χ2v) is 9.01. The van der Waals surface area contributed by atoms with Crippen molar-refractivity contribution in [3.8, 4) is 0 Å². The number of sulfonamides is 1. The van der Waals surface area contributed by atoms with Crippen molar-refractivity contribution in [3.05, 3.63) is 46.8 Å². The maximum absolute atomic E-state index is 12.6. The number of amides is 1. The van der Waals surface area contributed by atoms with Crippen LogP contribution in [0.3, 0.4) is 0 Å². The summed E-state index contributed by atoms with van der Waals surface area (Å²) in [6.45, 7) is 1.31. The Morgan fingerprint density at radius 1 is 1.07 bits per heavy atom. The molecular weight excluding hydrogens is 401 g/mol. The molecule has 1 amide bonds. The SMILES string of the molecule is O=C(c1csc(S(=O)(=O)Nc2ccc(C(F)(F)F)cc2)c1)N1CCCCC1. The molecule has 0 bridgehead atoms. The molecule has 0 atom stereocenters. The van der Waals surface area contributed by atoms with E-state index in [0.717, 1.165) is 54.9 Å². The van der Waals surface area contributed by atoms with Gasteiger partial charge in [0, 0.05) is 24.2 Å². The highest BCUT2D eigenvalue weighted by atomic mass is 32.2. The molecule has 1 fully saturated rings. The number of hydrogen-bond acceptors (Lipinski definition) is 4. The largest absolute Gasteiger partial charge is 0.416 e. The molecule has 2 heterocycles. The zero-order valence-electron chi connectivity index (χ0n) is 14.1. The van der Waals surface area contributed by atoms with E-state index in [2.05, 4.69) is 4.72 Å². The van der Waals surface area contributed by atoms with Crippen LogP contribution in [-0.4, -0.2) is 32.3 Å². The molecule has 2 aromatic rings. The first kappa shape index (κ1) is 19.7. The lowest BCUT2D eigenvalue weighted by atomic mass is 10.1. The average Bonchev–Trinajstić information content (AvgIpc) is 3.12. The van der Waals surface area contributed by atoms with Gasteiger partial charge >= 0.3 is 6.18 Å². The number of benzene rings is 1. The fourth-order valence-corrected chi connectivity index (χ4v) is 4.99. The van der Waals surface area contributed by atoms with Gasteiger partial charge < -0.3 is 4.90 Å². The summed E-state index contributed by atoms with van der Waals surface area (Å²) in [6, 6.07) is 5.00. The van der Waals surface area contributed by atoms with E-state index in [1.54, 1.807) is 4.90 Å². The van der Waals surface area contributed by atoms with Gasteiger partial charge in [0.1, 0.15) is 4.21 Å². The number of thiophene rings is 1. The van der Waals surface area contributed by atoms with Crippen LogP contribution in [-0.2, 0) is 16.2 Å². The molecule has 10 heteroatoms. The van der Waals surface area contributed by atoms with Crippen molar-refractivity contribution in [1.29, 1.82) is 0 Å². The molecule has 27 heavy (non-hydrogen) atoms. The van der Waals surface area contributed by atoms with Crippen LogP contribution in [0.15, 0.2) is 39.9 Å².